The first kappa shape index (κ1) is 25.9. The molecule has 1 amide bonds. The molecule has 2 aromatic carbocycles. The molecule has 0 unspecified atom stereocenters. The topological polar surface area (TPSA) is 97.0 Å². The number of rotatable bonds is 8. The molecule has 0 spiro atoms. The van der Waals surface area contributed by atoms with Crippen LogP contribution >= 0.6 is 11.3 Å². The zero-order valence-electron chi connectivity index (χ0n) is 21.3. The quantitative estimate of drug-likeness (QED) is 0.172. The van der Waals surface area contributed by atoms with E-state index in [2.05, 4.69) is 34.8 Å². The fourth-order valence-electron chi connectivity index (χ4n) is 4.09. The van der Waals surface area contributed by atoms with Crippen LogP contribution in [0.2, 0.25) is 0 Å². The van der Waals surface area contributed by atoms with E-state index in [1.807, 2.05) is 50.2 Å². The van der Waals surface area contributed by atoms with E-state index >= 15 is 0 Å². The third-order valence-electron chi connectivity index (χ3n) is 5.99. The monoisotopic (exact) mass is 512 g/mol. The molecule has 8 heteroatoms. The van der Waals surface area contributed by atoms with Crippen LogP contribution in [0.1, 0.15) is 35.9 Å². The fourth-order valence-corrected chi connectivity index (χ4v) is 5.16. The number of aromatic nitrogens is 2. The van der Waals surface area contributed by atoms with Crippen LogP contribution in [0.25, 0.3) is 26.9 Å². The highest BCUT2D eigenvalue weighted by Gasteiger charge is 2.16. The van der Waals surface area contributed by atoms with Crippen LogP contribution in [0.5, 0.6) is 0 Å². The van der Waals surface area contributed by atoms with E-state index in [9.17, 15) is 14.9 Å². The van der Waals surface area contributed by atoms with Crippen molar-refractivity contribution in [2.24, 2.45) is 0 Å². The normalized spacial score (nSPS) is 11.4. The molecule has 2 aromatic heterocycles. The molecule has 0 radical (unpaired) electrons. The third-order valence-corrected chi connectivity index (χ3v) is 7.06. The molecule has 188 valence electrons. The number of nitrogens with one attached hydrogen (secondary N) is 1. The summed E-state index contributed by atoms with van der Waals surface area (Å²) >= 11 is 1.62. The van der Waals surface area contributed by atoms with Crippen LogP contribution in [0.4, 0.5) is 5.69 Å². The van der Waals surface area contributed by atoms with Crippen molar-refractivity contribution in [2.45, 2.75) is 40.7 Å². The number of thiazole rings is 1. The molecular weight excluding hydrogens is 484 g/mol. The zero-order valence-corrected chi connectivity index (χ0v) is 22.1. The Morgan fingerprint density at radius 2 is 1.89 bits per heavy atom. The standard InChI is InChI=1S/C29H28N4O3S/c1-5-12-33-19(3)14-22(20(33)4)15-23(16-30)29(35)36-17-27(34)31-24-9-7-21(8-10-24)28-32-25-11-6-18(2)13-26(25)37-28/h6-11,13-15H,5,12,17H2,1-4H3,(H,31,34). The number of carbonyl (C=O) groups excluding carboxylic acids is 2. The highest BCUT2D eigenvalue weighted by atomic mass is 32.1. The number of esters is 1. The van der Waals surface area contributed by atoms with Crippen LogP contribution in [0.3, 0.4) is 0 Å². The number of ether oxygens (including phenoxy) is 1. The number of benzene rings is 2. The smallest absolute Gasteiger partial charge is 0.349 e. The molecular formula is C29H28N4O3S. The van der Waals surface area contributed by atoms with Crippen molar-refractivity contribution in [3.05, 3.63) is 76.6 Å². The highest BCUT2D eigenvalue weighted by Crippen LogP contribution is 2.31. The van der Waals surface area contributed by atoms with Crippen molar-refractivity contribution in [2.75, 3.05) is 11.9 Å². The van der Waals surface area contributed by atoms with E-state index in [0.29, 0.717) is 5.69 Å². The SMILES string of the molecule is CCCn1c(C)cc(C=C(C#N)C(=O)OCC(=O)Nc2ccc(-c3nc4ccc(C)cc4s3)cc2)c1C. The molecule has 2 heterocycles. The molecule has 0 atom stereocenters. The van der Waals surface area contributed by atoms with Gasteiger partial charge in [0.05, 0.1) is 10.2 Å². The Labute approximate surface area is 220 Å². The van der Waals surface area contributed by atoms with Crippen molar-refractivity contribution in [1.29, 1.82) is 5.26 Å². The van der Waals surface area contributed by atoms with E-state index in [0.717, 1.165) is 50.7 Å². The minimum Gasteiger partial charge on any atom is -0.451 e. The van der Waals surface area contributed by atoms with Crippen LogP contribution in [0.15, 0.2) is 54.1 Å². The summed E-state index contributed by atoms with van der Waals surface area (Å²) in [4.78, 5) is 29.5. The summed E-state index contributed by atoms with van der Waals surface area (Å²) in [6.45, 7) is 8.45. The fraction of sp³-hybridized carbons (Fsp3) is 0.241. The van der Waals surface area contributed by atoms with Crippen molar-refractivity contribution >= 4 is 45.2 Å². The van der Waals surface area contributed by atoms with Gasteiger partial charge in [0.1, 0.15) is 16.6 Å². The summed E-state index contributed by atoms with van der Waals surface area (Å²) in [7, 11) is 0. The van der Waals surface area contributed by atoms with E-state index in [-0.39, 0.29) is 5.57 Å². The minimum atomic E-state index is -0.834. The van der Waals surface area contributed by atoms with Crippen LogP contribution < -0.4 is 5.32 Å². The summed E-state index contributed by atoms with van der Waals surface area (Å²) in [5, 5.41) is 13.1. The Hall–Kier alpha value is -4.22. The Morgan fingerprint density at radius 1 is 1.14 bits per heavy atom. The number of hydrogen-bond acceptors (Lipinski definition) is 6. The lowest BCUT2D eigenvalue weighted by atomic mass is 10.1. The molecule has 4 aromatic rings. The molecule has 0 aliphatic carbocycles. The molecule has 37 heavy (non-hydrogen) atoms. The average molecular weight is 513 g/mol. The average Bonchev–Trinajstić information content (AvgIpc) is 3.42. The molecule has 0 fully saturated rings. The number of nitriles is 1. The third kappa shape index (κ3) is 5.96. The van der Waals surface area contributed by atoms with Gasteiger partial charge in [-0.15, -0.1) is 11.3 Å². The predicted molar refractivity (Wildman–Crippen MR) is 147 cm³/mol. The van der Waals surface area contributed by atoms with Crippen LogP contribution in [-0.4, -0.2) is 28.0 Å². The van der Waals surface area contributed by atoms with Crippen molar-refractivity contribution in [1.82, 2.24) is 9.55 Å². The van der Waals surface area contributed by atoms with Gasteiger partial charge < -0.3 is 14.6 Å². The minimum absolute atomic E-state index is 0.153. The summed E-state index contributed by atoms with van der Waals surface area (Å²) < 4.78 is 8.38. The van der Waals surface area contributed by atoms with Gasteiger partial charge in [-0.2, -0.15) is 5.26 Å². The summed E-state index contributed by atoms with van der Waals surface area (Å²) in [5.74, 6) is -1.32. The first-order valence-corrected chi connectivity index (χ1v) is 12.8. The predicted octanol–water partition coefficient (Wildman–Crippen LogP) is 6.19. The zero-order chi connectivity index (χ0) is 26.5. The van der Waals surface area contributed by atoms with Gasteiger partial charge in [0.2, 0.25) is 0 Å². The Bertz CT molecular complexity index is 1540. The van der Waals surface area contributed by atoms with Crippen molar-refractivity contribution in [3.8, 4) is 16.6 Å². The summed E-state index contributed by atoms with van der Waals surface area (Å²) in [6, 6.07) is 17.3. The molecule has 0 saturated carbocycles. The Morgan fingerprint density at radius 3 is 2.59 bits per heavy atom. The van der Waals surface area contributed by atoms with Gasteiger partial charge in [-0.25, -0.2) is 9.78 Å². The molecule has 0 aliphatic heterocycles. The van der Waals surface area contributed by atoms with Crippen LogP contribution in [0, 0.1) is 32.1 Å². The summed E-state index contributed by atoms with van der Waals surface area (Å²) in [6.07, 6.45) is 2.49. The number of anilines is 1. The van der Waals surface area contributed by atoms with Crippen molar-refractivity contribution < 1.29 is 14.3 Å². The van der Waals surface area contributed by atoms with Gasteiger partial charge in [-0.1, -0.05) is 13.0 Å². The van der Waals surface area contributed by atoms with Gasteiger partial charge >= 0.3 is 5.97 Å². The second-order valence-corrected chi connectivity index (χ2v) is 9.87. The molecule has 4 rings (SSSR count). The Kier molecular flexibility index (Phi) is 7.85. The molecule has 0 saturated heterocycles. The van der Waals surface area contributed by atoms with Crippen molar-refractivity contribution in [3.63, 3.8) is 0 Å². The number of nitrogens with zero attached hydrogens (tertiary/aromatic N) is 3. The molecule has 1 N–H and O–H groups in total. The second kappa shape index (κ2) is 11.2. The van der Waals surface area contributed by atoms with Gasteiger partial charge in [0, 0.05) is 29.2 Å². The number of fused-ring (bicyclic) bond motifs is 1. The van der Waals surface area contributed by atoms with Crippen LogP contribution in [-0.2, 0) is 20.9 Å². The lowest BCUT2D eigenvalue weighted by Gasteiger charge is -2.08. The van der Waals surface area contributed by atoms with Gasteiger partial charge in [-0.3, -0.25) is 4.79 Å². The largest absolute Gasteiger partial charge is 0.451 e. The van der Waals surface area contributed by atoms with Gasteiger partial charge in [-0.05, 0) is 86.9 Å². The number of amides is 1. The van der Waals surface area contributed by atoms with Gasteiger partial charge in [0.25, 0.3) is 5.91 Å². The molecule has 7 nitrogen and oxygen atoms in total. The maximum Gasteiger partial charge on any atom is 0.349 e. The summed E-state index contributed by atoms with van der Waals surface area (Å²) in [5.41, 5.74) is 6.33. The second-order valence-electron chi connectivity index (χ2n) is 8.84. The first-order valence-electron chi connectivity index (χ1n) is 12.0. The lowest BCUT2D eigenvalue weighted by Crippen LogP contribution is -2.21. The lowest BCUT2D eigenvalue weighted by molar-refractivity contribution is -0.142. The van der Waals surface area contributed by atoms with E-state index in [1.165, 1.54) is 11.6 Å². The Balaban J connectivity index is 1.36. The molecule has 0 bridgehead atoms. The van der Waals surface area contributed by atoms with E-state index in [4.69, 9.17) is 4.74 Å². The first-order chi connectivity index (χ1) is 17.8. The highest BCUT2D eigenvalue weighted by molar-refractivity contribution is 7.21. The number of carbonyl (C=O) groups is 2. The maximum atomic E-state index is 12.5. The molecule has 0 aliphatic rings. The maximum absolute atomic E-state index is 12.5. The van der Waals surface area contributed by atoms with E-state index in [1.54, 1.807) is 23.5 Å². The number of aryl methyl sites for hydroxylation is 2. The van der Waals surface area contributed by atoms with E-state index < -0.39 is 18.5 Å². The van der Waals surface area contributed by atoms with Gasteiger partial charge in [0.15, 0.2) is 6.61 Å². The number of hydrogen-bond donors (Lipinski definition) is 1.